The van der Waals surface area contributed by atoms with Crippen LogP contribution in [-0.2, 0) is 28.2 Å². The zero-order valence-corrected chi connectivity index (χ0v) is 35.1. The molecule has 0 aromatic heterocycles. The van der Waals surface area contributed by atoms with Crippen molar-refractivity contribution in [3.05, 3.63) is 0 Å². The van der Waals surface area contributed by atoms with Crippen molar-refractivity contribution in [2.45, 2.75) is 251 Å². The second-order valence-electron chi connectivity index (χ2n) is 15.4. The molecule has 0 bridgehead atoms. The summed E-state index contributed by atoms with van der Waals surface area (Å²) in [7, 11) is -4.72. The molecule has 1 atom stereocenters. The fourth-order valence-electron chi connectivity index (χ4n) is 6.83. The van der Waals surface area contributed by atoms with Crippen LogP contribution < -0.4 is 0 Å². The van der Waals surface area contributed by atoms with Gasteiger partial charge in [-0.3, -0.25) is 14.1 Å². The van der Waals surface area contributed by atoms with Crippen molar-refractivity contribution < 1.29 is 37.9 Å². The van der Waals surface area contributed by atoms with E-state index in [1.165, 1.54) is 193 Å². The molecule has 0 saturated heterocycles. The van der Waals surface area contributed by atoms with Gasteiger partial charge in [0.05, 0.1) is 6.61 Å². The number of hydrogen-bond donors (Lipinski definition) is 2. The third-order valence-corrected chi connectivity index (χ3v) is 10.6. The number of unbranched alkanes of at least 4 members (excludes halogenated alkanes) is 32. The Hall–Kier alpha value is -0.950. The smallest absolute Gasteiger partial charge is 0.462 e. The molecule has 0 heterocycles. The quantitative estimate of drug-likeness (QED) is 0.0358. The van der Waals surface area contributed by atoms with E-state index in [2.05, 4.69) is 11.4 Å². The zero-order chi connectivity index (χ0) is 38.2. The third-order valence-electron chi connectivity index (χ3n) is 10.1. The molecule has 0 aromatic rings. The van der Waals surface area contributed by atoms with Crippen LogP contribution in [0.15, 0.2) is 0 Å². The molecule has 0 aliphatic rings. The van der Waals surface area contributed by atoms with Crippen molar-refractivity contribution in [1.29, 1.82) is 0 Å². The average Bonchev–Trinajstić information content (AvgIpc) is 3.11. The van der Waals surface area contributed by atoms with Crippen molar-refractivity contribution in [3.63, 3.8) is 0 Å². The van der Waals surface area contributed by atoms with Crippen LogP contribution in [0, 0.1) is 0 Å². The Labute approximate surface area is 321 Å². The molecule has 310 valence electrons. The highest BCUT2D eigenvalue weighted by Crippen LogP contribution is 2.36. The van der Waals surface area contributed by atoms with E-state index in [0.717, 1.165) is 19.3 Å². The highest BCUT2D eigenvalue weighted by Gasteiger charge is 2.22. The SMILES string of the molecule is CCCCCCCCCCCCCCCCCCCCCCCCCCCCCCCCCCCC(=O)OC[C@H](COP(=O)(O)O)OC(=O)CCC. The summed E-state index contributed by atoms with van der Waals surface area (Å²) in [6, 6.07) is 0. The minimum absolute atomic E-state index is 0.167. The first-order chi connectivity index (χ1) is 25.3. The van der Waals surface area contributed by atoms with Crippen LogP contribution in [0.2, 0.25) is 0 Å². The lowest BCUT2D eigenvalue weighted by atomic mass is 10.0. The number of carbonyl (C=O) groups is 2. The van der Waals surface area contributed by atoms with Gasteiger partial charge in [-0.25, -0.2) is 4.57 Å². The Morgan fingerprint density at radius 2 is 0.731 bits per heavy atom. The molecule has 0 rings (SSSR count). The maximum Gasteiger partial charge on any atom is 0.469 e. The average molecular weight is 761 g/mol. The van der Waals surface area contributed by atoms with Gasteiger partial charge in [-0.05, 0) is 12.8 Å². The predicted molar refractivity (Wildman–Crippen MR) is 216 cm³/mol. The zero-order valence-electron chi connectivity index (χ0n) is 34.2. The lowest BCUT2D eigenvalue weighted by molar-refractivity contribution is -0.161. The first-order valence-electron chi connectivity index (χ1n) is 22.3. The molecule has 52 heavy (non-hydrogen) atoms. The van der Waals surface area contributed by atoms with E-state index < -0.39 is 32.5 Å². The summed E-state index contributed by atoms with van der Waals surface area (Å²) in [5.41, 5.74) is 0. The molecule has 0 saturated carbocycles. The number of phosphoric acid groups is 1. The molecule has 8 nitrogen and oxygen atoms in total. The summed E-state index contributed by atoms with van der Waals surface area (Å²) >= 11 is 0. The van der Waals surface area contributed by atoms with Gasteiger partial charge in [-0.2, -0.15) is 0 Å². The van der Waals surface area contributed by atoms with Crippen LogP contribution in [0.5, 0.6) is 0 Å². The van der Waals surface area contributed by atoms with E-state index in [1.54, 1.807) is 0 Å². The first-order valence-corrected chi connectivity index (χ1v) is 23.9. The molecule has 0 unspecified atom stereocenters. The number of phosphoric ester groups is 1. The molecule has 9 heteroatoms. The second kappa shape index (κ2) is 39.7. The summed E-state index contributed by atoms with van der Waals surface area (Å²) in [6.45, 7) is 3.29. The highest BCUT2D eigenvalue weighted by molar-refractivity contribution is 7.46. The Kier molecular flexibility index (Phi) is 39.0. The van der Waals surface area contributed by atoms with Gasteiger partial charge in [0.2, 0.25) is 0 Å². The van der Waals surface area contributed by atoms with Gasteiger partial charge < -0.3 is 19.3 Å². The van der Waals surface area contributed by atoms with E-state index in [1.807, 2.05) is 6.92 Å². The molecule has 0 fully saturated rings. The predicted octanol–water partition coefficient (Wildman–Crippen LogP) is 13.6. The Morgan fingerprint density at radius 3 is 1.02 bits per heavy atom. The van der Waals surface area contributed by atoms with Crippen LogP contribution in [0.3, 0.4) is 0 Å². The molecule has 0 aromatic carbocycles. The molecular weight excluding hydrogens is 675 g/mol. The third kappa shape index (κ3) is 41.8. The summed E-state index contributed by atoms with van der Waals surface area (Å²) in [4.78, 5) is 41.6. The lowest BCUT2D eigenvalue weighted by Crippen LogP contribution is -2.29. The minimum Gasteiger partial charge on any atom is -0.462 e. The maximum absolute atomic E-state index is 12.1. The lowest BCUT2D eigenvalue weighted by Gasteiger charge is -2.18. The molecule has 0 amide bonds. The fourth-order valence-corrected chi connectivity index (χ4v) is 7.19. The minimum atomic E-state index is -4.72. The largest absolute Gasteiger partial charge is 0.469 e. The van der Waals surface area contributed by atoms with Gasteiger partial charge in [0.25, 0.3) is 0 Å². The topological polar surface area (TPSA) is 119 Å². The van der Waals surface area contributed by atoms with Crippen LogP contribution in [0.25, 0.3) is 0 Å². The van der Waals surface area contributed by atoms with Gasteiger partial charge in [0, 0.05) is 12.8 Å². The van der Waals surface area contributed by atoms with Gasteiger partial charge >= 0.3 is 19.8 Å². The van der Waals surface area contributed by atoms with E-state index in [4.69, 9.17) is 19.3 Å². The number of ether oxygens (including phenoxy) is 2. The molecule has 0 spiro atoms. The van der Waals surface area contributed by atoms with Crippen LogP contribution in [0.4, 0.5) is 0 Å². The van der Waals surface area contributed by atoms with Crippen LogP contribution in [0.1, 0.15) is 245 Å². The van der Waals surface area contributed by atoms with Crippen LogP contribution >= 0.6 is 7.82 Å². The monoisotopic (exact) mass is 761 g/mol. The summed E-state index contributed by atoms with van der Waals surface area (Å²) in [5.74, 6) is -0.933. The second-order valence-corrected chi connectivity index (χ2v) is 16.6. The van der Waals surface area contributed by atoms with E-state index in [9.17, 15) is 14.2 Å². The van der Waals surface area contributed by atoms with E-state index >= 15 is 0 Å². The van der Waals surface area contributed by atoms with Gasteiger partial charge in [0.1, 0.15) is 6.61 Å². The van der Waals surface area contributed by atoms with Crippen molar-refractivity contribution in [1.82, 2.24) is 0 Å². The summed E-state index contributed by atoms with van der Waals surface area (Å²) in [6.07, 6.45) is 45.0. The summed E-state index contributed by atoms with van der Waals surface area (Å²) in [5, 5.41) is 0. The maximum atomic E-state index is 12.1. The van der Waals surface area contributed by atoms with E-state index in [-0.39, 0.29) is 19.4 Å². The molecular formula is C43H85O8P. The van der Waals surface area contributed by atoms with Crippen molar-refractivity contribution in [2.24, 2.45) is 0 Å². The van der Waals surface area contributed by atoms with Crippen LogP contribution in [-0.4, -0.2) is 41.0 Å². The van der Waals surface area contributed by atoms with Crippen molar-refractivity contribution in [2.75, 3.05) is 13.2 Å². The Bertz CT molecular complexity index is 817. The Morgan fingerprint density at radius 1 is 0.423 bits per heavy atom. The summed E-state index contributed by atoms with van der Waals surface area (Å²) < 4.78 is 25.7. The molecule has 2 N–H and O–H groups in total. The normalized spacial score (nSPS) is 12.3. The molecule has 0 aliphatic carbocycles. The Balaban J connectivity index is 3.36. The molecule has 0 radical (unpaired) electrons. The van der Waals surface area contributed by atoms with Gasteiger partial charge in [0.15, 0.2) is 6.10 Å². The standard InChI is InChI=1S/C43H85O8P/c1-3-5-6-7-8-9-10-11-12-13-14-15-16-17-18-19-20-21-22-23-24-25-26-27-28-29-30-31-32-33-34-35-36-38-42(44)49-39-41(40-50-52(46,47)48)51-43(45)37-4-2/h41H,3-40H2,1-2H3,(H2,46,47,48)/t41-/m1/s1. The highest BCUT2D eigenvalue weighted by atomic mass is 31.2. The van der Waals surface area contributed by atoms with E-state index in [0.29, 0.717) is 6.42 Å². The fraction of sp³-hybridized carbons (Fsp3) is 0.953. The molecule has 0 aliphatic heterocycles. The van der Waals surface area contributed by atoms with Gasteiger partial charge in [-0.1, -0.05) is 219 Å². The number of hydrogen-bond acceptors (Lipinski definition) is 6. The number of carbonyl (C=O) groups excluding carboxylic acids is 2. The first kappa shape index (κ1) is 51.0. The number of esters is 2. The number of rotatable bonds is 42. The van der Waals surface area contributed by atoms with Gasteiger partial charge in [-0.15, -0.1) is 0 Å². The van der Waals surface area contributed by atoms with Crippen molar-refractivity contribution >= 4 is 19.8 Å². The van der Waals surface area contributed by atoms with Crippen molar-refractivity contribution in [3.8, 4) is 0 Å².